The van der Waals surface area contributed by atoms with Gasteiger partial charge < -0.3 is 14.9 Å². The van der Waals surface area contributed by atoms with Gasteiger partial charge in [0.2, 0.25) is 0 Å². The van der Waals surface area contributed by atoms with Crippen LogP contribution in [0.4, 0.5) is 5.69 Å². The molecule has 5 rings (SSSR count). The Kier molecular flexibility index (Phi) is 6.04. The Morgan fingerprint density at radius 1 is 1.11 bits per heavy atom. The van der Waals surface area contributed by atoms with Crippen LogP contribution in [0.2, 0.25) is 0 Å². The molecule has 0 fully saturated rings. The number of carboxylic acid groups (broad SMARTS) is 1. The van der Waals surface area contributed by atoms with E-state index >= 15 is 0 Å². The van der Waals surface area contributed by atoms with Crippen LogP contribution in [0.25, 0.3) is 28.4 Å². The molecule has 0 amide bonds. The summed E-state index contributed by atoms with van der Waals surface area (Å²) in [6, 6.07) is 13.8. The number of hydrogen-bond donors (Lipinski definition) is 2. The Morgan fingerprint density at radius 2 is 1.89 bits per heavy atom. The SMILES string of the molecule is Cc1cc([C@@H](C)Nc2ccccc2C(=O)O)c2nc(-c3ccc(-c4cc(C)no4)nc3)c(C)c(=O)n2c1. The molecule has 0 radical (unpaired) electrons. The van der Waals surface area contributed by atoms with Crippen LogP contribution in [0.5, 0.6) is 0 Å². The van der Waals surface area contributed by atoms with Crippen LogP contribution in [0.1, 0.15) is 45.7 Å². The summed E-state index contributed by atoms with van der Waals surface area (Å²) in [5, 5.41) is 16.8. The van der Waals surface area contributed by atoms with Crippen LogP contribution in [0.15, 0.2) is 70.2 Å². The van der Waals surface area contributed by atoms with Crippen LogP contribution in [0, 0.1) is 20.8 Å². The van der Waals surface area contributed by atoms with Crippen LogP contribution < -0.4 is 10.9 Å². The zero-order valence-corrected chi connectivity index (χ0v) is 20.8. The maximum atomic E-state index is 13.4. The largest absolute Gasteiger partial charge is 0.478 e. The van der Waals surface area contributed by atoms with E-state index in [4.69, 9.17) is 9.51 Å². The summed E-state index contributed by atoms with van der Waals surface area (Å²) in [7, 11) is 0. The standard InChI is InChI=1S/C28H25N5O4/c1-15-11-21(18(4)30-22-8-6-5-7-20(22)28(35)36)26-31-25(17(3)27(34)33(26)14-15)19-9-10-23(29-13-19)24-12-16(2)32-37-24/h5-14,18,30H,1-4H3,(H,35,36)/t18-/m1/s1. The molecule has 0 aliphatic rings. The van der Waals surface area contributed by atoms with Crippen molar-refractivity contribution in [3.8, 4) is 22.7 Å². The molecule has 0 saturated carbocycles. The van der Waals surface area contributed by atoms with E-state index in [-0.39, 0.29) is 17.2 Å². The number of nitrogens with one attached hydrogen (secondary N) is 1. The molecule has 4 heterocycles. The smallest absolute Gasteiger partial charge is 0.337 e. The number of hydrogen-bond acceptors (Lipinski definition) is 7. The van der Waals surface area contributed by atoms with Crippen molar-refractivity contribution in [2.45, 2.75) is 33.7 Å². The number of nitrogens with zero attached hydrogens (tertiary/aromatic N) is 4. The van der Waals surface area contributed by atoms with E-state index < -0.39 is 5.97 Å². The topological polar surface area (TPSA) is 123 Å². The van der Waals surface area contributed by atoms with Gasteiger partial charge in [-0.15, -0.1) is 0 Å². The average molecular weight is 496 g/mol. The first kappa shape index (κ1) is 23.9. The molecule has 2 N–H and O–H groups in total. The first-order valence-electron chi connectivity index (χ1n) is 11.8. The molecule has 0 spiro atoms. The molecular weight excluding hydrogens is 470 g/mol. The minimum atomic E-state index is -1.02. The maximum Gasteiger partial charge on any atom is 0.337 e. The highest BCUT2D eigenvalue weighted by atomic mass is 16.5. The van der Waals surface area contributed by atoms with Crippen molar-refractivity contribution in [2.75, 3.05) is 5.32 Å². The maximum absolute atomic E-state index is 13.4. The van der Waals surface area contributed by atoms with Crippen molar-refractivity contribution in [1.82, 2.24) is 19.5 Å². The van der Waals surface area contributed by atoms with Gasteiger partial charge in [-0.05, 0) is 63.6 Å². The van der Waals surface area contributed by atoms with Crippen molar-refractivity contribution in [3.05, 3.63) is 99.2 Å². The number of carboxylic acids is 1. The van der Waals surface area contributed by atoms with Crippen molar-refractivity contribution >= 4 is 17.3 Å². The quantitative estimate of drug-likeness (QED) is 0.329. The molecular formula is C28H25N5O4. The molecule has 9 nitrogen and oxygen atoms in total. The number of benzene rings is 1. The zero-order valence-electron chi connectivity index (χ0n) is 20.8. The number of rotatable bonds is 6. The number of aryl methyl sites for hydroxylation is 2. The van der Waals surface area contributed by atoms with Crippen molar-refractivity contribution in [1.29, 1.82) is 0 Å². The third kappa shape index (κ3) is 4.47. The second-order valence-corrected chi connectivity index (χ2v) is 9.04. The van der Waals surface area contributed by atoms with Crippen molar-refractivity contribution in [3.63, 3.8) is 0 Å². The highest BCUT2D eigenvalue weighted by molar-refractivity contribution is 5.94. The van der Waals surface area contributed by atoms with E-state index in [1.807, 2.05) is 32.9 Å². The van der Waals surface area contributed by atoms with Crippen LogP contribution >= 0.6 is 0 Å². The number of fused-ring (bicyclic) bond motifs is 1. The number of para-hydroxylation sites is 1. The van der Waals surface area contributed by atoms with Crippen LogP contribution in [0.3, 0.4) is 0 Å². The zero-order chi connectivity index (χ0) is 26.3. The minimum Gasteiger partial charge on any atom is -0.478 e. The molecule has 0 aliphatic carbocycles. The van der Waals surface area contributed by atoms with Gasteiger partial charge in [0.1, 0.15) is 11.3 Å². The predicted octanol–water partition coefficient (Wildman–Crippen LogP) is 5.21. The third-order valence-electron chi connectivity index (χ3n) is 6.23. The number of aromatic nitrogens is 4. The summed E-state index contributed by atoms with van der Waals surface area (Å²) in [6.45, 7) is 7.41. The van der Waals surface area contributed by atoms with Gasteiger partial charge in [0, 0.05) is 40.8 Å². The summed E-state index contributed by atoms with van der Waals surface area (Å²) in [4.78, 5) is 34.5. The van der Waals surface area contributed by atoms with Crippen molar-refractivity contribution in [2.24, 2.45) is 0 Å². The Hall–Kier alpha value is -4.79. The molecule has 0 saturated heterocycles. The summed E-state index contributed by atoms with van der Waals surface area (Å²) in [6.07, 6.45) is 3.42. The van der Waals surface area contributed by atoms with Gasteiger partial charge in [-0.25, -0.2) is 9.78 Å². The van der Waals surface area contributed by atoms with Gasteiger partial charge in [-0.3, -0.25) is 14.2 Å². The van der Waals surface area contributed by atoms with Gasteiger partial charge in [0.25, 0.3) is 5.56 Å². The second-order valence-electron chi connectivity index (χ2n) is 9.04. The van der Waals surface area contributed by atoms with Crippen molar-refractivity contribution < 1.29 is 14.4 Å². The van der Waals surface area contributed by atoms with Gasteiger partial charge >= 0.3 is 5.97 Å². The number of anilines is 1. The van der Waals surface area contributed by atoms with E-state index in [9.17, 15) is 14.7 Å². The van der Waals surface area contributed by atoms with Crippen LogP contribution in [-0.2, 0) is 0 Å². The van der Waals surface area contributed by atoms with Crippen LogP contribution in [-0.4, -0.2) is 30.6 Å². The normalized spacial score (nSPS) is 12.0. The molecule has 5 aromatic rings. The predicted molar refractivity (Wildman–Crippen MR) is 140 cm³/mol. The first-order valence-corrected chi connectivity index (χ1v) is 11.8. The molecule has 4 aromatic heterocycles. The Morgan fingerprint density at radius 3 is 2.57 bits per heavy atom. The molecule has 0 unspecified atom stereocenters. The highest BCUT2D eigenvalue weighted by Crippen LogP contribution is 2.28. The van der Waals surface area contributed by atoms with E-state index in [1.165, 1.54) is 0 Å². The lowest BCUT2D eigenvalue weighted by molar-refractivity contribution is 0.0698. The fraction of sp³-hybridized carbons (Fsp3) is 0.179. The van der Waals surface area contributed by atoms with E-state index in [2.05, 4.69) is 15.5 Å². The Balaban J connectivity index is 1.60. The van der Waals surface area contributed by atoms with Gasteiger partial charge in [0.15, 0.2) is 5.76 Å². The third-order valence-corrected chi connectivity index (χ3v) is 6.23. The van der Waals surface area contributed by atoms with E-state index in [0.717, 1.165) is 16.8 Å². The number of carbonyl (C=O) groups is 1. The van der Waals surface area contributed by atoms with Gasteiger partial charge in [-0.2, -0.15) is 0 Å². The Bertz CT molecular complexity index is 1700. The highest BCUT2D eigenvalue weighted by Gasteiger charge is 2.19. The molecule has 1 aromatic carbocycles. The average Bonchev–Trinajstić information content (AvgIpc) is 3.32. The Labute approximate surface area is 212 Å². The van der Waals surface area contributed by atoms with Gasteiger partial charge in [-0.1, -0.05) is 17.3 Å². The number of aromatic carboxylic acids is 1. The molecule has 186 valence electrons. The lowest BCUT2D eigenvalue weighted by atomic mass is 10.0. The summed E-state index contributed by atoms with van der Waals surface area (Å²) < 4.78 is 6.84. The lowest BCUT2D eigenvalue weighted by Gasteiger charge is -2.20. The molecule has 1 atom stereocenters. The second kappa shape index (κ2) is 9.34. The van der Waals surface area contributed by atoms with Gasteiger partial charge in [0.05, 0.1) is 23.0 Å². The summed E-state index contributed by atoms with van der Waals surface area (Å²) in [5.41, 5.74) is 5.71. The number of pyridine rings is 2. The fourth-order valence-electron chi connectivity index (χ4n) is 4.37. The lowest BCUT2D eigenvalue weighted by Crippen LogP contribution is -2.22. The first-order chi connectivity index (χ1) is 17.7. The molecule has 9 heteroatoms. The molecule has 0 aliphatic heterocycles. The van der Waals surface area contributed by atoms with E-state index in [1.54, 1.807) is 60.1 Å². The summed E-state index contributed by atoms with van der Waals surface area (Å²) in [5.74, 6) is -0.459. The monoisotopic (exact) mass is 495 g/mol. The van der Waals surface area contributed by atoms with E-state index in [0.29, 0.717) is 39.6 Å². The summed E-state index contributed by atoms with van der Waals surface area (Å²) >= 11 is 0. The molecule has 37 heavy (non-hydrogen) atoms. The fourth-order valence-corrected chi connectivity index (χ4v) is 4.37. The minimum absolute atomic E-state index is 0.168. The molecule has 0 bridgehead atoms.